The number of rotatable bonds is 7. The molecule has 0 saturated carbocycles. The minimum Gasteiger partial charge on any atom is -0.452 e. The summed E-state index contributed by atoms with van der Waals surface area (Å²) in [6.45, 7) is 6.24. The van der Waals surface area contributed by atoms with Crippen LogP contribution in [0.5, 0.6) is 0 Å². The predicted molar refractivity (Wildman–Crippen MR) is 110 cm³/mol. The molecule has 2 N–H and O–H groups in total. The first-order valence-corrected chi connectivity index (χ1v) is 9.15. The van der Waals surface area contributed by atoms with Crippen molar-refractivity contribution in [2.24, 2.45) is 0 Å². The Morgan fingerprint density at radius 1 is 1.03 bits per heavy atom. The van der Waals surface area contributed by atoms with Gasteiger partial charge in [-0.3, -0.25) is 19.7 Å². The minimum atomic E-state index is -0.860. The topological polar surface area (TPSA) is 128 Å². The molecular formula is C21H23N3O6. The van der Waals surface area contributed by atoms with E-state index in [0.29, 0.717) is 5.69 Å². The molecule has 2 aromatic carbocycles. The van der Waals surface area contributed by atoms with E-state index >= 15 is 0 Å². The van der Waals surface area contributed by atoms with Crippen molar-refractivity contribution in [3.05, 3.63) is 68.3 Å². The highest BCUT2D eigenvalue weighted by Gasteiger charge is 2.20. The number of hydrogen-bond acceptors (Lipinski definition) is 6. The summed E-state index contributed by atoms with van der Waals surface area (Å²) < 4.78 is 4.90. The summed E-state index contributed by atoms with van der Waals surface area (Å²) in [7, 11) is 0. The Hall–Kier alpha value is -3.75. The summed E-state index contributed by atoms with van der Waals surface area (Å²) >= 11 is 0. The number of nitrogens with one attached hydrogen (secondary N) is 2. The normalized spacial score (nSPS) is 10.3. The maximum Gasteiger partial charge on any atom is 0.339 e. The van der Waals surface area contributed by atoms with Gasteiger partial charge in [0.25, 0.3) is 11.6 Å². The number of carbonyl (C=O) groups is 3. The van der Waals surface area contributed by atoms with Crippen LogP contribution >= 0.6 is 0 Å². The molecule has 0 saturated heterocycles. The van der Waals surface area contributed by atoms with Gasteiger partial charge in [0.2, 0.25) is 5.91 Å². The molecule has 0 spiro atoms. The van der Waals surface area contributed by atoms with Crippen LogP contribution in [0.25, 0.3) is 0 Å². The molecule has 2 amide bonds. The van der Waals surface area contributed by atoms with Crippen LogP contribution in [0.3, 0.4) is 0 Å². The molecular weight excluding hydrogens is 390 g/mol. The number of benzene rings is 2. The van der Waals surface area contributed by atoms with E-state index in [9.17, 15) is 24.5 Å². The summed E-state index contributed by atoms with van der Waals surface area (Å²) in [6, 6.07) is 7.89. The minimum absolute atomic E-state index is 0.0000597. The molecule has 0 aliphatic carbocycles. The van der Waals surface area contributed by atoms with Crippen LogP contribution in [0.2, 0.25) is 0 Å². The molecule has 30 heavy (non-hydrogen) atoms. The van der Waals surface area contributed by atoms with Crippen LogP contribution in [0.1, 0.15) is 32.6 Å². The zero-order valence-corrected chi connectivity index (χ0v) is 17.2. The monoisotopic (exact) mass is 413 g/mol. The van der Waals surface area contributed by atoms with Crippen molar-refractivity contribution in [1.29, 1.82) is 0 Å². The van der Waals surface area contributed by atoms with Crippen LogP contribution in [0, 0.1) is 37.8 Å². The van der Waals surface area contributed by atoms with Gasteiger partial charge in [-0.15, -0.1) is 0 Å². The van der Waals surface area contributed by atoms with E-state index in [1.54, 1.807) is 0 Å². The van der Waals surface area contributed by atoms with Gasteiger partial charge in [-0.25, -0.2) is 4.79 Å². The zero-order valence-electron chi connectivity index (χ0n) is 17.2. The van der Waals surface area contributed by atoms with E-state index < -0.39 is 29.3 Å². The van der Waals surface area contributed by atoms with Gasteiger partial charge in [-0.1, -0.05) is 23.8 Å². The number of anilines is 1. The van der Waals surface area contributed by atoms with Crippen LogP contribution < -0.4 is 10.6 Å². The lowest BCUT2D eigenvalue weighted by Crippen LogP contribution is -2.35. The smallest absolute Gasteiger partial charge is 0.339 e. The van der Waals surface area contributed by atoms with E-state index in [1.165, 1.54) is 25.1 Å². The van der Waals surface area contributed by atoms with Gasteiger partial charge < -0.3 is 15.4 Å². The van der Waals surface area contributed by atoms with Crippen LogP contribution in [0.15, 0.2) is 30.3 Å². The van der Waals surface area contributed by atoms with Crippen molar-refractivity contribution in [3.8, 4) is 0 Å². The molecule has 0 aliphatic rings. The van der Waals surface area contributed by atoms with Gasteiger partial charge in [0.15, 0.2) is 6.61 Å². The Labute approximate surface area is 173 Å². The number of ether oxygens (including phenoxy) is 1. The fourth-order valence-corrected chi connectivity index (χ4v) is 3.04. The van der Waals surface area contributed by atoms with Crippen LogP contribution in [-0.4, -0.2) is 35.9 Å². The molecule has 158 valence electrons. The number of nitro groups is 1. The molecule has 0 unspecified atom stereocenters. The second kappa shape index (κ2) is 9.64. The molecule has 9 nitrogen and oxygen atoms in total. The average Bonchev–Trinajstić information content (AvgIpc) is 2.67. The Bertz CT molecular complexity index is 993. The Morgan fingerprint density at radius 3 is 2.27 bits per heavy atom. The summed E-state index contributed by atoms with van der Waals surface area (Å²) in [5.74, 6) is -1.94. The molecule has 0 radical (unpaired) electrons. The molecule has 0 aromatic heterocycles. The molecule has 0 fully saturated rings. The van der Waals surface area contributed by atoms with Gasteiger partial charge in [0.05, 0.1) is 17.0 Å². The number of carbonyl (C=O) groups excluding carboxylic acids is 3. The van der Waals surface area contributed by atoms with Crippen molar-refractivity contribution >= 4 is 29.2 Å². The van der Waals surface area contributed by atoms with Gasteiger partial charge >= 0.3 is 5.97 Å². The molecule has 0 bridgehead atoms. The van der Waals surface area contributed by atoms with E-state index in [0.717, 1.165) is 16.7 Å². The summed E-state index contributed by atoms with van der Waals surface area (Å²) in [5, 5.41) is 16.1. The maximum absolute atomic E-state index is 12.1. The lowest BCUT2D eigenvalue weighted by Gasteiger charge is -2.13. The van der Waals surface area contributed by atoms with Crippen molar-refractivity contribution in [2.45, 2.75) is 27.7 Å². The first kappa shape index (κ1) is 22.5. The van der Waals surface area contributed by atoms with E-state index in [-0.39, 0.29) is 23.4 Å². The van der Waals surface area contributed by atoms with E-state index in [1.807, 2.05) is 32.9 Å². The van der Waals surface area contributed by atoms with Gasteiger partial charge in [0, 0.05) is 17.3 Å². The first-order chi connectivity index (χ1) is 14.1. The Kier molecular flexibility index (Phi) is 7.24. The molecule has 0 heterocycles. The third-order valence-corrected chi connectivity index (χ3v) is 4.44. The Balaban J connectivity index is 1.87. The second-order valence-corrected chi connectivity index (χ2v) is 6.88. The van der Waals surface area contributed by atoms with Crippen LogP contribution in [-0.2, 0) is 14.3 Å². The highest BCUT2D eigenvalue weighted by atomic mass is 16.6. The van der Waals surface area contributed by atoms with Crippen LogP contribution in [0.4, 0.5) is 11.4 Å². The number of nitrogens with zero attached hydrogens (tertiary/aromatic N) is 1. The number of esters is 1. The highest BCUT2D eigenvalue weighted by Crippen LogP contribution is 2.22. The quantitative estimate of drug-likeness (QED) is 0.408. The molecule has 9 heteroatoms. The summed E-state index contributed by atoms with van der Waals surface area (Å²) in [5.41, 5.74) is 3.52. The third-order valence-electron chi connectivity index (χ3n) is 4.44. The molecule has 0 aliphatic heterocycles. The zero-order chi connectivity index (χ0) is 22.4. The van der Waals surface area contributed by atoms with Crippen molar-refractivity contribution in [2.75, 3.05) is 18.5 Å². The third kappa shape index (κ3) is 5.63. The number of nitro benzene ring substituents is 1. The standard InChI is InChI=1S/C21H23N3O6/c1-12-8-13(2)20(14(3)9-12)23-18(25)10-22-19(26)11-30-21(27)16-6-5-7-17(15(16)4)24(28)29/h5-9H,10-11H2,1-4H3,(H,22,26)(H,23,25). The van der Waals surface area contributed by atoms with Gasteiger partial charge in [0.1, 0.15) is 0 Å². The van der Waals surface area contributed by atoms with Gasteiger partial charge in [-0.05, 0) is 44.9 Å². The second-order valence-electron chi connectivity index (χ2n) is 6.88. The molecule has 2 rings (SSSR count). The SMILES string of the molecule is Cc1cc(C)c(NC(=O)CNC(=O)COC(=O)c2cccc([N+](=O)[O-])c2C)c(C)c1. The molecule has 0 atom stereocenters. The molecule has 2 aromatic rings. The lowest BCUT2D eigenvalue weighted by molar-refractivity contribution is -0.385. The van der Waals surface area contributed by atoms with E-state index in [2.05, 4.69) is 10.6 Å². The van der Waals surface area contributed by atoms with Crippen molar-refractivity contribution in [3.63, 3.8) is 0 Å². The number of amides is 2. The van der Waals surface area contributed by atoms with Gasteiger partial charge in [-0.2, -0.15) is 0 Å². The maximum atomic E-state index is 12.1. The summed E-state index contributed by atoms with van der Waals surface area (Å²) in [4.78, 5) is 46.5. The Morgan fingerprint density at radius 2 is 1.67 bits per heavy atom. The predicted octanol–water partition coefficient (Wildman–Crippen LogP) is 2.74. The average molecular weight is 413 g/mol. The fraction of sp³-hybridized carbons (Fsp3) is 0.286. The van der Waals surface area contributed by atoms with E-state index in [4.69, 9.17) is 4.74 Å². The number of aryl methyl sites for hydroxylation is 3. The van der Waals surface area contributed by atoms with Crippen molar-refractivity contribution in [1.82, 2.24) is 5.32 Å². The number of hydrogen-bond donors (Lipinski definition) is 2. The largest absolute Gasteiger partial charge is 0.452 e. The lowest BCUT2D eigenvalue weighted by atomic mass is 10.1. The fourth-order valence-electron chi connectivity index (χ4n) is 3.04. The van der Waals surface area contributed by atoms with Crippen molar-refractivity contribution < 1.29 is 24.0 Å². The first-order valence-electron chi connectivity index (χ1n) is 9.15. The highest BCUT2D eigenvalue weighted by molar-refractivity contribution is 5.97. The summed E-state index contributed by atoms with van der Waals surface area (Å²) in [6.07, 6.45) is 0.